The number of Topliss-reactive ketones (excluding diaryl/α,β-unsaturated/α-hetero) is 1. The molecule has 1 N–H and O–H groups in total. The number of carbonyl (C=O) groups excluding carboxylic acids is 2. The van der Waals surface area contributed by atoms with Gasteiger partial charge in [0.15, 0.2) is 0 Å². The summed E-state index contributed by atoms with van der Waals surface area (Å²) in [6.45, 7) is 6.66. The zero-order valence-electron chi connectivity index (χ0n) is 20.3. The maximum absolute atomic E-state index is 13.3. The molecule has 1 heterocycles. The van der Waals surface area contributed by atoms with Gasteiger partial charge in [-0.2, -0.15) is 0 Å². The summed E-state index contributed by atoms with van der Waals surface area (Å²) < 4.78 is 16.2. The molecule has 1 atom stereocenters. The summed E-state index contributed by atoms with van der Waals surface area (Å²) in [6, 6.07) is 11.3. The van der Waals surface area contributed by atoms with E-state index in [1.807, 2.05) is 26.0 Å². The first-order chi connectivity index (χ1) is 16.4. The van der Waals surface area contributed by atoms with Crippen molar-refractivity contribution in [3.8, 4) is 17.2 Å². The number of ether oxygens (including phenoxy) is 3. The molecule has 1 unspecified atom stereocenters. The van der Waals surface area contributed by atoms with E-state index >= 15 is 0 Å². The van der Waals surface area contributed by atoms with E-state index < -0.39 is 17.7 Å². The highest BCUT2D eigenvalue weighted by Crippen LogP contribution is 2.43. The van der Waals surface area contributed by atoms with Gasteiger partial charge >= 0.3 is 0 Å². The highest BCUT2D eigenvalue weighted by atomic mass is 16.5. The third-order valence-corrected chi connectivity index (χ3v) is 6.19. The van der Waals surface area contributed by atoms with E-state index in [-0.39, 0.29) is 11.3 Å². The Hall–Kier alpha value is -3.52. The van der Waals surface area contributed by atoms with E-state index in [0.717, 1.165) is 13.1 Å². The van der Waals surface area contributed by atoms with Crippen molar-refractivity contribution in [2.75, 3.05) is 47.5 Å². The van der Waals surface area contributed by atoms with Crippen LogP contribution in [0.15, 0.2) is 48.0 Å². The lowest BCUT2D eigenvalue weighted by molar-refractivity contribution is -0.140. The maximum Gasteiger partial charge on any atom is 0.295 e. The van der Waals surface area contributed by atoms with Crippen LogP contribution in [0.4, 0.5) is 0 Å². The molecule has 1 aliphatic rings. The maximum atomic E-state index is 13.3. The van der Waals surface area contributed by atoms with E-state index in [4.69, 9.17) is 14.2 Å². The van der Waals surface area contributed by atoms with Crippen LogP contribution in [0.2, 0.25) is 0 Å². The molecule has 1 amide bonds. The van der Waals surface area contributed by atoms with Crippen molar-refractivity contribution in [2.45, 2.75) is 19.9 Å². The van der Waals surface area contributed by atoms with Gasteiger partial charge in [0, 0.05) is 24.7 Å². The Morgan fingerprint density at radius 3 is 2.26 bits per heavy atom. The van der Waals surface area contributed by atoms with Crippen molar-refractivity contribution in [3.05, 3.63) is 59.2 Å². The number of amides is 1. The van der Waals surface area contributed by atoms with Gasteiger partial charge < -0.3 is 29.1 Å². The van der Waals surface area contributed by atoms with Crippen molar-refractivity contribution in [1.29, 1.82) is 0 Å². The van der Waals surface area contributed by atoms with Crippen molar-refractivity contribution in [1.82, 2.24) is 9.80 Å². The first kappa shape index (κ1) is 25.1. The Balaban J connectivity index is 2.19. The summed E-state index contributed by atoms with van der Waals surface area (Å²) in [7, 11) is 4.52. The number of benzene rings is 2. The molecule has 0 aromatic heterocycles. The van der Waals surface area contributed by atoms with Crippen LogP contribution in [0, 0.1) is 0 Å². The molecule has 0 aliphatic carbocycles. The number of para-hydroxylation sites is 1. The van der Waals surface area contributed by atoms with Gasteiger partial charge in [-0.1, -0.05) is 32.0 Å². The summed E-state index contributed by atoms with van der Waals surface area (Å²) in [4.78, 5) is 30.2. The average Bonchev–Trinajstić information content (AvgIpc) is 3.13. The molecular formula is C26H32N2O6. The number of aliphatic hydroxyl groups is 1. The van der Waals surface area contributed by atoms with Crippen LogP contribution in [-0.2, 0) is 9.59 Å². The lowest BCUT2D eigenvalue weighted by atomic mass is 9.94. The zero-order chi connectivity index (χ0) is 24.8. The van der Waals surface area contributed by atoms with Gasteiger partial charge in [0.25, 0.3) is 11.7 Å². The average molecular weight is 469 g/mol. The van der Waals surface area contributed by atoms with Crippen molar-refractivity contribution in [3.63, 3.8) is 0 Å². The summed E-state index contributed by atoms with van der Waals surface area (Å²) in [6.07, 6.45) is 0. The number of carbonyl (C=O) groups is 2. The van der Waals surface area contributed by atoms with E-state index in [9.17, 15) is 14.7 Å². The van der Waals surface area contributed by atoms with Crippen LogP contribution in [0.3, 0.4) is 0 Å². The predicted molar refractivity (Wildman–Crippen MR) is 129 cm³/mol. The van der Waals surface area contributed by atoms with E-state index in [1.54, 1.807) is 30.3 Å². The molecule has 8 nitrogen and oxygen atoms in total. The molecule has 0 saturated carbocycles. The van der Waals surface area contributed by atoms with Crippen molar-refractivity contribution >= 4 is 17.4 Å². The minimum atomic E-state index is -0.807. The molecule has 1 aliphatic heterocycles. The molecule has 0 spiro atoms. The first-order valence-electron chi connectivity index (χ1n) is 11.3. The second kappa shape index (κ2) is 11.1. The number of likely N-dealkylation sites (tertiary alicyclic amines) is 1. The fourth-order valence-corrected chi connectivity index (χ4v) is 4.25. The number of hydrogen-bond donors (Lipinski definition) is 1. The lowest BCUT2D eigenvalue weighted by Crippen LogP contribution is -2.38. The molecule has 34 heavy (non-hydrogen) atoms. The molecule has 1 fully saturated rings. The molecular weight excluding hydrogens is 436 g/mol. The quantitative estimate of drug-likeness (QED) is 0.324. The van der Waals surface area contributed by atoms with Gasteiger partial charge in [0.1, 0.15) is 23.0 Å². The molecule has 0 radical (unpaired) electrons. The molecule has 8 heteroatoms. The fourth-order valence-electron chi connectivity index (χ4n) is 4.25. The van der Waals surface area contributed by atoms with Gasteiger partial charge in [-0.25, -0.2) is 0 Å². The normalized spacial score (nSPS) is 17.4. The Morgan fingerprint density at radius 1 is 0.971 bits per heavy atom. The summed E-state index contributed by atoms with van der Waals surface area (Å²) >= 11 is 0. The van der Waals surface area contributed by atoms with Crippen LogP contribution in [0.25, 0.3) is 5.76 Å². The minimum absolute atomic E-state index is 0.00230. The van der Waals surface area contributed by atoms with Gasteiger partial charge in [0.2, 0.25) is 0 Å². The number of ketones is 1. The summed E-state index contributed by atoms with van der Waals surface area (Å²) in [5.41, 5.74) is 0.917. The molecule has 0 bridgehead atoms. The molecule has 182 valence electrons. The molecule has 2 aromatic carbocycles. The topological polar surface area (TPSA) is 88.5 Å². The van der Waals surface area contributed by atoms with E-state index in [1.165, 1.54) is 26.2 Å². The number of methoxy groups -OCH3 is 3. The van der Waals surface area contributed by atoms with Crippen LogP contribution < -0.4 is 14.2 Å². The van der Waals surface area contributed by atoms with Crippen LogP contribution in [-0.4, -0.2) is 74.1 Å². The Labute approximate surface area is 200 Å². The zero-order valence-corrected chi connectivity index (χ0v) is 20.3. The van der Waals surface area contributed by atoms with Gasteiger partial charge in [0.05, 0.1) is 38.5 Å². The third-order valence-electron chi connectivity index (χ3n) is 6.19. The van der Waals surface area contributed by atoms with E-state index in [2.05, 4.69) is 4.90 Å². The smallest absolute Gasteiger partial charge is 0.295 e. The van der Waals surface area contributed by atoms with Crippen LogP contribution >= 0.6 is 0 Å². The number of likely N-dealkylation sites (N-methyl/N-ethyl adjacent to an activating group) is 1. The molecule has 3 rings (SSSR count). The van der Waals surface area contributed by atoms with Gasteiger partial charge in [-0.15, -0.1) is 0 Å². The van der Waals surface area contributed by atoms with Gasteiger partial charge in [-0.05, 0) is 31.3 Å². The molecule has 1 saturated heterocycles. The SMILES string of the molecule is CCN(CC)CCN1C(=O)C(=O)/C(=C(/O)c2ccc(OC)cc2OC)C1c1ccccc1OC. The second-order valence-corrected chi connectivity index (χ2v) is 7.83. The number of nitrogens with zero attached hydrogens (tertiary/aromatic N) is 2. The van der Waals surface area contributed by atoms with Crippen molar-refractivity contribution in [2.24, 2.45) is 0 Å². The summed E-state index contributed by atoms with van der Waals surface area (Å²) in [5, 5.41) is 11.4. The standard InChI is InChI=1S/C26H32N2O6/c1-6-27(7-2)14-15-28-23(18-10-8-9-11-20(18)33-4)22(25(30)26(28)31)24(29)19-13-12-17(32-3)16-21(19)34-5/h8-13,16,23,29H,6-7,14-15H2,1-5H3/b24-22+. The molecule has 2 aromatic rings. The Kier molecular flexibility index (Phi) is 8.17. The highest BCUT2D eigenvalue weighted by molar-refractivity contribution is 6.46. The van der Waals surface area contributed by atoms with E-state index in [0.29, 0.717) is 41.5 Å². The fraction of sp³-hybridized carbons (Fsp3) is 0.385. The highest BCUT2D eigenvalue weighted by Gasteiger charge is 2.47. The first-order valence-corrected chi connectivity index (χ1v) is 11.3. The Morgan fingerprint density at radius 2 is 1.65 bits per heavy atom. The largest absolute Gasteiger partial charge is 0.507 e. The number of rotatable bonds is 10. The lowest BCUT2D eigenvalue weighted by Gasteiger charge is -2.29. The predicted octanol–water partition coefficient (Wildman–Crippen LogP) is 3.48. The van der Waals surface area contributed by atoms with Crippen LogP contribution in [0.1, 0.15) is 31.0 Å². The monoisotopic (exact) mass is 468 g/mol. The Bertz CT molecular complexity index is 1080. The van der Waals surface area contributed by atoms with Gasteiger partial charge in [-0.3, -0.25) is 9.59 Å². The van der Waals surface area contributed by atoms with Crippen molar-refractivity contribution < 1.29 is 28.9 Å². The summed E-state index contributed by atoms with van der Waals surface area (Å²) in [5.74, 6) is -0.323. The minimum Gasteiger partial charge on any atom is -0.507 e. The second-order valence-electron chi connectivity index (χ2n) is 7.83. The number of hydrogen-bond acceptors (Lipinski definition) is 7. The number of aliphatic hydroxyl groups excluding tert-OH is 1. The third kappa shape index (κ3) is 4.72. The van der Waals surface area contributed by atoms with Crippen LogP contribution in [0.5, 0.6) is 17.2 Å².